The Bertz CT molecular complexity index is 1260. The second-order valence-corrected chi connectivity index (χ2v) is 12.6. The molecule has 45 heavy (non-hydrogen) atoms. The van der Waals surface area contributed by atoms with Gasteiger partial charge in [0.05, 0.1) is 19.4 Å². The molecule has 1 aliphatic heterocycles. The second kappa shape index (κ2) is 19.1. The lowest BCUT2D eigenvalue weighted by molar-refractivity contribution is -0.127. The van der Waals surface area contributed by atoms with Gasteiger partial charge in [-0.2, -0.15) is 0 Å². The van der Waals surface area contributed by atoms with Crippen LogP contribution in [0.25, 0.3) is 0 Å². The molecule has 1 aromatic heterocycles. The highest BCUT2D eigenvalue weighted by Crippen LogP contribution is 2.44. The van der Waals surface area contributed by atoms with E-state index in [0.717, 1.165) is 55.4 Å². The number of H-pyrrole nitrogens is 1. The van der Waals surface area contributed by atoms with Gasteiger partial charge in [0, 0.05) is 49.4 Å². The van der Waals surface area contributed by atoms with Crippen molar-refractivity contribution in [3.8, 4) is 11.5 Å². The summed E-state index contributed by atoms with van der Waals surface area (Å²) in [7, 11) is 1.50. The first-order valence-electron chi connectivity index (χ1n) is 16.9. The van der Waals surface area contributed by atoms with Crippen molar-refractivity contribution < 1.29 is 24.5 Å². The fourth-order valence-electron chi connectivity index (χ4n) is 6.49. The number of benzene rings is 1. The highest BCUT2D eigenvalue weighted by Gasteiger charge is 2.31. The van der Waals surface area contributed by atoms with Crippen LogP contribution in [0.5, 0.6) is 11.5 Å². The molecule has 2 unspecified atom stereocenters. The maximum absolute atomic E-state index is 13.0. The van der Waals surface area contributed by atoms with Crippen LogP contribution in [0, 0.1) is 11.8 Å². The number of ether oxygens (including phenoxy) is 1. The van der Waals surface area contributed by atoms with Crippen molar-refractivity contribution in [3.63, 3.8) is 0 Å². The van der Waals surface area contributed by atoms with E-state index >= 15 is 0 Å². The number of ketones is 2. The summed E-state index contributed by atoms with van der Waals surface area (Å²) in [6.45, 7) is 4.79. The molecule has 0 amide bonds. The normalized spacial score (nSPS) is 14.4. The number of hydrogen-bond acceptors (Lipinski definition) is 7. The van der Waals surface area contributed by atoms with Gasteiger partial charge in [-0.3, -0.25) is 9.59 Å². The number of aromatic hydroxyl groups is 1. The maximum atomic E-state index is 13.0. The van der Waals surface area contributed by atoms with Crippen molar-refractivity contribution in [2.45, 2.75) is 103 Å². The van der Waals surface area contributed by atoms with Crippen LogP contribution in [0.15, 0.2) is 54.0 Å². The number of unbranched alkanes of at least 4 members (excludes halogenated alkanes) is 4. The zero-order valence-corrected chi connectivity index (χ0v) is 27.6. The fourth-order valence-corrected chi connectivity index (χ4v) is 6.49. The number of nitrogens with one attached hydrogen (secondary N) is 2. The molecule has 0 spiro atoms. The number of aromatic nitrogens is 1. The summed E-state index contributed by atoms with van der Waals surface area (Å²) >= 11 is 0. The average Bonchev–Trinajstić information content (AvgIpc) is 3.54. The van der Waals surface area contributed by atoms with E-state index in [0.29, 0.717) is 48.9 Å². The number of aliphatic hydroxyl groups excluding tert-OH is 1. The van der Waals surface area contributed by atoms with Gasteiger partial charge in [-0.25, -0.2) is 0 Å². The number of phenolic OH excluding ortho intramolecular Hbond substituents is 1. The van der Waals surface area contributed by atoms with Crippen LogP contribution >= 0.6 is 0 Å². The number of aromatic amines is 1. The lowest BCUT2D eigenvalue weighted by Crippen LogP contribution is -2.28. The van der Waals surface area contributed by atoms with E-state index in [1.54, 1.807) is 6.07 Å². The molecule has 3 rings (SSSR count). The van der Waals surface area contributed by atoms with E-state index in [-0.39, 0.29) is 48.6 Å². The fraction of sp³-hybridized carbons (Fsp3) is 0.568. The molecule has 0 aliphatic carbocycles. The summed E-state index contributed by atoms with van der Waals surface area (Å²) < 4.78 is 5.57. The first-order valence-corrected chi connectivity index (χ1v) is 16.9. The number of rotatable bonds is 22. The minimum Gasteiger partial charge on any atom is -0.504 e. The van der Waals surface area contributed by atoms with Crippen molar-refractivity contribution >= 4 is 11.6 Å². The molecule has 0 radical (unpaired) electrons. The summed E-state index contributed by atoms with van der Waals surface area (Å²) in [5, 5.41) is 25.0. The Hall–Kier alpha value is -3.52. The topological polar surface area (TPSA) is 138 Å². The highest BCUT2D eigenvalue weighted by molar-refractivity contribution is 5.99. The zero-order valence-electron chi connectivity index (χ0n) is 27.6. The third-order valence-corrected chi connectivity index (χ3v) is 8.93. The summed E-state index contributed by atoms with van der Waals surface area (Å²) in [6, 6.07) is 7.55. The first-order chi connectivity index (χ1) is 21.8. The Labute approximate surface area is 269 Å². The molecule has 248 valence electrons. The molecule has 8 nitrogen and oxygen atoms in total. The Morgan fingerprint density at radius 2 is 1.80 bits per heavy atom. The molecule has 2 atom stereocenters. The summed E-state index contributed by atoms with van der Waals surface area (Å²) in [5.41, 5.74) is 9.44. The van der Waals surface area contributed by atoms with Gasteiger partial charge in [0.25, 0.3) is 0 Å². The quantitative estimate of drug-likeness (QED) is 0.0736. The number of nitrogens with two attached hydrogens (primary N) is 1. The van der Waals surface area contributed by atoms with Crippen LogP contribution in [-0.2, 0) is 22.4 Å². The Morgan fingerprint density at radius 3 is 2.40 bits per heavy atom. The molecule has 8 heteroatoms. The Morgan fingerprint density at radius 1 is 1.07 bits per heavy atom. The molecular formula is C37H55N3O5. The number of methoxy groups -OCH3 is 1. The molecule has 0 bridgehead atoms. The van der Waals surface area contributed by atoms with Crippen LogP contribution in [-0.4, -0.2) is 47.0 Å². The molecule has 1 aromatic carbocycles. The smallest absolute Gasteiger partial charge is 0.161 e. The van der Waals surface area contributed by atoms with Gasteiger partial charge in [0.15, 0.2) is 11.5 Å². The molecule has 6 N–H and O–H groups in total. The predicted octanol–water partition coefficient (Wildman–Crippen LogP) is 6.62. The third-order valence-electron chi connectivity index (χ3n) is 8.93. The summed E-state index contributed by atoms with van der Waals surface area (Å²) in [6.07, 6.45) is 16.4. The minimum atomic E-state index is -0.387. The van der Waals surface area contributed by atoms with E-state index in [1.165, 1.54) is 20.0 Å². The SMILES string of the molecule is CCCCCC(CCCCC)CC(=O)CC(=O)CCc1cc(OC)c(O)c(C(C2=CCNC(N)=C2)C(CO)Cc2ccc[nH]2)c1. The zero-order chi connectivity index (χ0) is 32.6. The molecule has 0 fully saturated rings. The number of dihydropyridines is 1. The lowest BCUT2D eigenvalue weighted by atomic mass is 9.76. The number of aliphatic hydroxyl groups is 1. The predicted molar refractivity (Wildman–Crippen MR) is 180 cm³/mol. The minimum absolute atomic E-state index is 0.00119. The lowest BCUT2D eigenvalue weighted by Gasteiger charge is -2.30. The van der Waals surface area contributed by atoms with E-state index in [4.69, 9.17) is 10.5 Å². The van der Waals surface area contributed by atoms with Crippen LogP contribution in [0.3, 0.4) is 0 Å². The van der Waals surface area contributed by atoms with Crippen LogP contribution < -0.4 is 15.8 Å². The Balaban J connectivity index is 1.77. The number of allylic oxidation sites excluding steroid dienone is 2. The number of aryl methyl sites for hydroxylation is 1. The molecule has 0 saturated heterocycles. The maximum Gasteiger partial charge on any atom is 0.161 e. The van der Waals surface area contributed by atoms with Crippen LogP contribution in [0.1, 0.15) is 107 Å². The van der Waals surface area contributed by atoms with Crippen molar-refractivity contribution in [3.05, 3.63) is 70.8 Å². The van der Waals surface area contributed by atoms with Crippen molar-refractivity contribution in [1.82, 2.24) is 10.3 Å². The number of Topliss-reactive ketones (excluding diaryl/α,β-unsaturated/α-hetero) is 2. The van der Waals surface area contributed by atoms with E-state index < -0.39 is 0 Å². The molecular weight excluding hydrogens is 566 g/mol. The number of carbonyl (C=O) groups is 2. The molecule has 0 saturated carbocycles. The first kappa shape index (κ1) is 36.0. The molecule has 1 aliphatic rings. The molecule has 2 heterocycles. The van der Waals surface area contributed by atoms with E-state index in [2.05, 4.69) is 24.1 Å². The second-order valence-electron chi connectivity index (χ2n) is 12.6. The van der Waals surface area contributed by atoms with Gasteiger partial charge in [-0.1, -0.05) is 77.4 Å². The van der Waals surface area contributed by atoms with Gasteiger partial charge in [0.1, 0.15) is 11.6 Å². The van der Waals surface area contributed by atoms with Gasteiger partial charge < -0.3 is 31.0 Å². The van der Waals surface area contributed by atoms with Gasteiger partial charge in [0.2, 0.25) is 0 Å². The van der Waals surface area contributed by atoms with Gasteiger partial charge in [-0.15, -0.1) is 0 Å². The largest absolute Gasteiger partial charge is 0.504 e. The highest BCUT2D eigenvalue weighted by atomic mass is 16.5. The van der Waals surface area contributed by atoms with Crippen molar-refractivity contribution in [1.29, 1.82) is 0 Å². The number of phenols is 1. The van der Waals surface area contributed by atoms with Crippen LogP contribution in [0.2, 0.25) is 0 Å². The average molecular weight is 622 g/mol. The monoisotopic (exact) mass is 621 g/mol. The summed E-state index contributed by atoms with van der Waals surface area (Å²) in [4.78, 5) is 29.2. The summed E-state index contributed by atoms with van der Waals surface area (Å²) in [5.74, 6) is 0.503. The number of carbonyl (C=O) groups excluding carboxylic acids is 2. The van der Waals surface area contributed by atoms with Crippen molar-refractivity contribution in [2.75, 3.05) is 20.3 Å². The third kappa shape index (κ3) is 11.4. The van der Waals surface area contributed by atoms with E-state index in [1.807, 2.05) is 36.5 Å². The number of hydrogen-bond donors (Lipinski definition) is 5. The van der Waals surface area contributed by atoms with Crippen molar-refractivity contribution in [2.24, 2.45) is 17.6 Å². The van der Waals surface area contributed by atoms with E-state index in [9.17, 15) is 19.8 Å². The standard InChI is InChI=1S/C37H55N3O5/c1-4-6-8-11-26(12-9-7-5-2)19-32(43)24-31(42)15-14-27-20-33(37(44)34(21-27)45-3)36(28-16-18-40-35(38)23-28)29(25-41)22-30-13-10-17-39-30/h10,13,16-17,20-21,23,26,29,36,39-41,44H,4-9,11-12,14-15,18-19,22,24-25,38H2,1-3H3. The van der Waals surface area contributed by atoms with Crippen LogP contribution in [0.4, 0.5) is 0 Å². The van der Waals surface area contributed by atoms with Gasteiger partial charge >= 0.3 is 0 Å². The Kier molecular flexibility index (Phi) is 15.3. The van der Waals surface area contributed by atoms with Gasteiger partial charge in [-0.05, 0) is 60.1 Å². The molecule has 2 aromatic rings.